The molecule has 18 heavy (non-hydrogen) atoms. The highest BCUT2D eigenvalue weighted by Crippen LogP contribution is 2.18. The lowest BCUT2D eigenvalue weighted by Gasteiger charge is -2.24. The van der Waals surface area contributed by atoms with Crippen molar-refractivity contribution in [2.24, 2.45) is 0 Å². The van der Waals surface area contributed by atoms with Gasteiger partial charge in [-0.3, -0.25) is 4.98 Å². The maximum absolute atomic E-state index is 5.68. The number of hydrogen-bond donors (Lipinski definition) is 1. The minimum absolute atomic E-state index is 0.304. The molecule has 0 bridgehead atoms. The van der Waals surface area contributed by atoms with Crippen molar-refractivity contribution in [3.8, 4) is 0 Å². The van der Waals surface area contributed by atoms with E-state index in [1.54, 1.807) is 0 Å². The van der Waals surface area contributed by atoms with Gasteiger partial charge in [0, 0.05) is 38.1 Å². The molecule has 1 aliphatic rings. The van der Waals surface area contributed by atoms with Gasteiger partial charge in [0.15, 0.2) is 0 Å². The van der Waals surface area contributed by atoms with Crippen LogP contribution >= 0.6 is 0 Å². The minimum atomic E-state index is 0.304. The number of aromatic nitrogens is 1. The van der Waals surface area contributed by atoms with Gasteiger partial charge < -0.3 is 15.0 Å². The molecular weight excluding hydrogens is 226 g/mol. The van der Waals surface area contributed by atoms with Crippen molar-refractivity contribution in [2.45, 2.75) is 32.9 Å². The second-order valence-corrected chi connectivity index (χ2v) is 4.77. The number of pyridine rings is 1. The molecule has 0 amide bonds. The second-order valence-electron chi connectivity index (χ2n) is 4.77. The SMILES string of the molecule is CCNCc1cc(N2CCCOC(C)C2)ccn1. The van der Waals surface area contributed by atoms with Crippen molar-refractivity contribution in [1.29, 1.82) is 0 Å². The predicted octanol–water partition coefficient (Wildman–Crippen LogP) is 1.81. The summed E-state index contributed by atoms with van der Waals surface area (Å²) in [7, 11) is 0. The van der Waals surface area contributed by atoms with Crippen molar-refractivity contribution in [3.05, 3.63) is 24.0 Å². The summed E-state index contributed by atoms with van der Waals surface area (Å²) in [6.07, 6.45) is 3.30. The maximum atomic E-state index is 5.68. The molecule has 1 N–H and O–H groups in total. The molecule has 4 heteroatoms. The first-order valence-electron chi connectivity index (χ1n) is 6.81. The summed E-state index contributed by atoms with van der Waals surface area (Å²) >= 11 is 0. The molecule has 0 saturated carbocycles. The van der Waals surface area contributed by atoms with Gasteiger partial charge in [0.2, 0.25) is 0 Å². The molecule has 2 heterocycles. The molecular formula is C14H23N3O. The predicted molar refractivity (Wildman–Crippen MR) is 73.9 cm³/mol. The summed E-state index contributed by atoms with van der Waals surface area (Å²) < 4.78 is 5.68. The van der Waals surface area contributed by atoms with E-state index in [1.165, 1.54) is 5.69 Å². The van der Waals surface area contributed by atoms with Crippen LogP contribution in [0.5, 0.6) is 0 Å². The molecule has 0 radical (unpaired) electrons. The van der Waals surface area contributed by atoms with Crippen LogP contribution in [0.15, 0.2) is 18.3 Å². The molecule has 1 aliphatic heterocycles. The quantitative estimate of drug-likeness (QED) is 0.883. The summed E-state index contributed by atoms with van der Waals surface area (Å²) in [5.74, 6) is 0. The Balaban J connectivity index is 2.06. The van der Waals surface area contributed by atoms with Crippen molar-refractivity contribution in [3.63, 3.8) is 0 Å². The van der Waals surface area contributed by atoms with Crippen LogP contribution in [0.4, 0.5) is 5.69 Å². The van der Waals surface area contributed by atoms with Crippen LogP contribution in [-0.4, -0.2) is 37.3 Å². The van der Waals surface area contributed by atoms with Gasteiger partial charge in [-0.25, -0.2) is 0 Å². The Labute approximate surface area is 109 Å². The summed E-state index contributed by atoms with van der Waals surface area (Å²) in [5, 5.41) is 3.31. The van der Waals surface area contributed by atoms with E-state index in [0.717, 1.165) is 44.9 Å². The molecule has 4 nitrogen and oxygen atoms in total. The Morgan fingerprint density at radius 3 is 3.28 bits per heavy atom. The molecule has 0 aliphatic carbocycles. The van der Waals surface area contributed by atoms with E-state index in [4.69, 9.17) is 4.74 Å². The van der Waals surface area contributed by atoms with E-state index in [9.17, 15) is 0 Å². The first-order valence-corrected chi connectivity index (χ1v) is 6.81. The molecule has 1 saturated heterocycles. The Morgan fingerprint density at radius 2 is 2.44 bits per heavy atom. The third kappa shape index (κ3) is 3.68. The number of nitrogens with one attached hydrogen (secondary N) is 1. The van der Waals surface area contributed by atoms with Gasteiger partial charge in [-0.2, -0.15) is 0 Å². The molecule has 1 unspecified atom stereocenters. The standard InChI is InChI=1S/C14H23N3O/c1-3-15-10-13-9-14(5-6-16-13)17-7-4-8-18-12(2)11-17/h5-6,9,12,15H,3-4,7-8,10-11H2,1-2H3. The Bertz CT molecular complexity index is 370. The molecule has 1 aromatic heterocycles. The molecule has 2 rings (SSSR count). The van der Waals surface area contributed by atoms with Gasteiger partial charge >= 0.3 is 0 Å². The third-order valence-corrected chi connectivity index (χ3v) is 3.17. The van der Waals surface area contributed by atoms with Gasteiger partial charge in [-0.1, -0.05) is 6.92 Å². The maximum Gasteiger partial charge on any atom is 0.0721 e. The lowest BCUT2D eigenvalue weighted by Crippen LogP contribution is -2.30. The summed E-state index contributed by atoms with van der Waals surface area (Å²) in [6, 6.07) is 4.27. The number of anilines is 1. The van der Waals surface area contributed by atoms with E-state index < -0.39 is 0 Å². The highest BCUT2D eigenvalue weighted by molar-refractivity contribution is 5.46. The molecule has 0 spiro atoms. The molecule has 1 fully saturated rings. The summed E-state index contributed by atoms with van der Waals surface area (Å²) in [6.45, 7) is 8.95. The fraction of sp³-hybridized carbons (Fsp3) is 0.643. The second kappa shape index (κ2) is 6.71. The van der Waals surface area contributed by atoms with Crippen LogP contribution in [0.1, 0.15) is 26.0 Å². The lowest BCUT2D eigenvalue weighted by atomic mass is 10.2. The van der Waals surface area contributed by atoms with Crippen LogP contribution < -0.4 is 10.2 Å². The third-order valence-electron chi connectivity index (χ3n) is 3.17. The zero-order valence-corrected chi connectivity index (χ0v) is 11.4. The number of hydrogen-bond acceptors (Lipinski definition) is 4. The topological polar surface area (TPSA) is 37.4 Å². The zero-order valence-electron chi connectivity index (χ0n) is 11.4. The van der Waals surface area contributed by atoms with E-state index in [2.05, 4.69) is 41.2 Å². The normalized spacial score (nSPS) is 20.8. The number of ether oxygens (including phenoxy) is 1. The Kier molecular flexibility index (Phi) is 4.96. The first-order chi connectivity index (χ1) is 8.79. The van der Waals surface area contributed by atoms with Crippen molar-refractivity contribution in [1.82, 2.24) is 10.3 Å². The van der Waals surface area contributed by atoms with E-state index >= 15 is 0 Å². The van der Waals surface area contributed by atoms with Crippen molar-refractivity contribution in [2.75, 3.05) is 31.1 Å². The Morgan fingerprint density at radius 1 is 1.56 bits per heavy atom. The molecule has 1 aromatic rings. The van der Waals surface area contributed by atoms with E-state index in [1.807, 2.05) is 6.20 Å². The minimum Gasteiger partial charge on any atom is -0.377 e. The fourth-order valence-electron chi connectivity index (χ4n) is 2.24. The highest BCUT2D eigenvalue weighted by atomic mass is 16.5. The van der Waals surface area contributed by atoms with Gasteiger partial charge in [-0.05, 0) is 32.0 Å². The average Bonchev–Trinajstić information content (AvgIpc) is 2.61. The monoisotopic (exact) mass is 249 g/mol. The fourth-order valence-corrected chi connectivity index (χ4v) is 2.24. The summed E-state index contributed by atoms with van der Waals surface area (Å²) in [4.78, 5) is 6.79. The van der Waals surface area contributed by atoms with Gasteiger partial charge in [0.05, 0.1) is 11.8 Å². The smallest absolute Gasteiger partial charge is 0.0721 e. The van der Waals surface area contributed by atoms with Crippen molar-refractivity contribution < 1.29 is 4.74 Å². The van der Waals surface area contributed by atoms with E-state index in [-0.39, 0.29) is 0 Å². The van der Waals surface area contributed by atoms with Crippen molar-refractivity contribution >= 4 is 5.69 Å². The summed E-state index contributed by atoms with van der Waals surface area (Å²) in [5.41, 5.74) is 2.36. The van der Waals surface area contributed by atoms with Crippen LogP contribution in [0.2, 0.25) is 0 Å². The highest BCUT2D eigenvalue weighted by Gasteiger charge is 2.15. The number of rotatable bonds is 4. The average molecular weight is 249 g/mol. The zero-order chi connectivity index (χ0) is 12.8. The molecule has 1 atom stereocenters. The van der Waals surface area contributed by atoms with E-state index in [0.29, 0.717) is 6.10 Å². The molecule has 0 aromatic carbocycles. The first kappa shape index (κ1) is 13.3. The van der Waals surface area contributed by atoms with Crippen LogP contribution in [0.3, 0.4) is 0 Å². The van der Waals surface area contributed by atoms with Gasteiger partial charge in [0.25, 0.3) is 0 Å². The van der Waals surface area contributed by atoms with Gasteiger partial charge in [-0.15, -0.1) is 0 Å². The number of nitrogens with zero attached hydrogens (tertiary/aromatic N) is 2. The van der Waals surface area contributed by atoms with Gasteiger partial charge in [0.1, 0.15) is 0 Å². The molecule has 100 valence electrons. The van der Waals surface area contributed by atoms with Crippen LogP contribution in [0, 0.1) is 0 Å². The lowest BCUT2D eigenvalue weighted by molar-refractivity contribution is 0.0821. The largest absolute Gasteiger partial charge is 0.377 e. The Hall–Kier alpha value is -1.13. The van der Waals surface area contributed by atoms with Crippen LogP contribution in [0.25, 0.3) is 0 Å². The van der Waals surface area contributed by atoms with Crippen LogP contribution in [-0.2, 0) is 11.3 Å².